The van der Waals surface area contributed by atoms with Crippen LogP contribution in [0.1, 0.15) is 51.1 Å². The highest BCUT2D eigenvalue weighted by molar-refractivity contribution is 5.84. The van der Waals surface area contributed by atoms with Crippen LogP contribution < -0.4 is 10.2 Å². The second-order valence-corrected chi connectivity index (χ2v) is 9.64. The first-order chi connectivity index (χ1) is 16.1. The van der Waals surface area contributed by atoms with E-state index in [-0.39, 0.29) is 18.7 Å². The number of imidazole rings is 1. The van der Waals surface area contributed by atoms with Crippen LogP contribution >= 0.6 is 0 Å². The number of aromatic nitrogens is 4. The summed E-state index contributed by atoms with van der Waals surface area (Å²) in [7, 11) is 0. The molecule has 176 valence electrons. The van der Waals surface area contributed by atoms with Crippen LogP contribution in [0, 0.1) is 0 Å². The third-order valence-electron chi connectivity index (χ3n) is 6.99. The van der Waals surface area contributed by atoms with Crippen molar-refractivity contribution < 1.29 is 5.11 Å². The molecule has 1 aromatic carbocycles. The second-order valence-electron chi connectivity index (χ2n) is 9.64. The van der Waals surface area contributed by atoms with Gasteiger partial charge in [0.2, 0.25) is 5.95 Å². The zero-order valence-electron chi connectivity index (χ0n) is 19.7. The average molecular weight is 450 g/mol. The number of piperidine rings is 1. The fourth-order valence-electron chi connectivity index (χ4n) is 5.07. The van der Waals surface area contributed by atoms with Crippen LogP contribution in [0.2, 0.25) is 0 Å². The zero-order chi connectivity index (χ0) is 22.8. The molecule has 1 atom stereocenters. The number of aliphatic hydroxyl groups is 1. The van der Waals surface area contributed by atoms with Gasteiger partial charge >= 0.3 is 0 Å². The zero-order valence-corrected chi connectivity index (χ0v) is 19.7. The smallest absolute Gasteiger partial charge is 0.229 e. The maximum atomic E-state index is 9.84. The van der Waals surface area contributed by atoms with Crippen molar-refractivity contribution in [1.29, 1.82) is 0 Å². The molecule has 0 bridgehead atoms. The molecular weight excluding hydrogens is 414 g/mol. The summed E-state index contributed by atoms with van der Waals surface area (Å²) in [5, 5.41) is 13.6. The molecule has 8 nitrogen and oxygen atoms in total. The molecule has 33 heavy (non-hydrogen) atoms. The lowest BCUT2D eigenvalue weighted by Crippen LogP contribution is -2.39. The number of fused-ring (bicyclic) bond motifs is 1. The second kappa shape index (κ2) is 9.65. The molecule has 8 heteroatoms. The number of aliphatic hydroxyl groups excluding tert-OH is 1. The van der Waals surface area contributed by atoms with Gasteiger partial charge in [-0.05, 0) is 45.1 Å². The Labute approximate surface area is 195 Å². The predicted octanol–water partition coefficient (Wildman–Crippen LogP) is 3.44. The number of benzene rings is 1. The summed E-state index contributed by atoms with van der Waals surface area (Å²) in [5.41, 5.74) is 3.07. The van der Waals surface area contributed by atoms with Crippen molar-refractivity contribution in [3.63, 3.8) is 0 Å². The number of nitrogens with zero attached hydrogens (tertiary/aromatic N) is 6. The summed E-state index contributed by atoms with van der Waals surface area (Å²) < 4.78 is 2.11. The Kier molecular flexibility index (Phi) is 6.46. The van der Waals surface area contributed by atoms with Crippen LogP contribution in [-0.2, 0) is 6.54 Å². The van der Waals surface area contributed by atoms with E-state index in [1.165, 1.54) is 5.56 Å². The van der Waals surface area contributed by atoms with Crippen LogP contribution in [0.3, 0.4) is 0 Å². The highest BCUT2D eigenvalue weighted by atomic mass is 16.3. The Balaban J connectivity index is 1.35. The summed E-state index contributed by atoms with van der Waals surface area (Å²) in [6, 6.07) is 11.4. The summed E-state index contributed by atoms with van der Waals surface area (Å²) in [6.07, 6.45) is 6.04. The van der Waals surface area contributed by atoms with Gasteiger partial charge < -0.3 is 19.9 Å². The van der Waals surface area contributed by atoms with Crippen molar-refractivity contribution in [3.05, 3.63) is 42.2 Å². The molecule has 2 N–H and O–H groups in total. The van der Waals surface area contributed by atoms with E-state index in [0.717, 1.165) is 68.8 Å². The highest BCUT2D eigenvalue weighted by Gasteiger charge is 2.29. The van der Waals surface area contributed by atoms with Crippen LogP contribution in [0.4, 0.5) is 11.8 Å². The van der Waals surface area contributed by atoms with E-state index in [2.05, 4.69) is 68.8 Å². The first kappa shape index (κ1) is 22.1. The summed E-state index contributed by atoms with van der Waals surface area (Å²) in [5.74, 6) is 1.52. The molecule has 4 heterocycles. The molecule has 2 saturated heterocycles. The van der Waals surface area contributed by atoms with E-state index < -0.39 is 0 Å². The SMILES string of the molecule is CC(C)n1cnc2c(NC3CCN(Cc4ccccc4)CC3)nc(N3CCCC3CO)nc21. The molecule has 1 unspecified atom stereocenters. The number of anilines is 2. The topological polar surface area (TPSA) is 82.3 Å². The van der Waals surface area contributed by atoms with Gasteiger partial charge in [-0.3, -0.25) is 4.90 Å². The summed E-state index contributed by atoms with van der Waals surface area (Å²) >= 11 is 0. The maximum Gasteiger partial charge on any atom is 0.229 e. The Morgan fingerprint density at radius 1 is 1.06 bits per heavy atom. The number of hydrogen-bond acceptors (Lipinski definition) is 7. The lowest BCUT2D eigenvalue weighted by molar-refractivity contribution is 0.211. The van der Waals surface area contributed by atoms with Crippen molar-refractivity contribution in [2.45, 2.75) is 64.2 Å². The third-order valence-corrected chi connectivity index (χ3v) is 6.99. The van der Waals surface area contributed by atoms with E-state index in [1.807, 2.05) is 6.33 Å². The van der Waals surface area contributed by atoms with Gasteiger partial charge in [-0.15, -0.1) is 0 Å². The molecule has 0 spiro atoms. The van der Waals surface area contributed by atoms with Crippen LogP contribution in [0.5, 0.6) is 0 Å². The molecular formula is C25H35N7O. The Morgan fingerprint density at radius 3 is 2.58 bits per heavy atom. The minimum absolute atomic E-state index is 0.0898. The highest BCUT2D eigenvalue weighted by Crippen LogP contribution is 2.30. The molecule has 2 fully saturated rings. The van der Waals surface area contributed by atoms with Crippen molar-refractivity contribution in [1.82, 2.24) is 24.4 Å². The number of hydrogen-bond donors (Lipinski definition) is 2. The van der Waals surface area contributed by atoms with Gasteiger partial charge in [-0.25, -0.2) is 4.98 Å². The van der Waals surface area contributed by atoms with Crippen LogP contribution in [-0.4, -0.2) is 67.9 Å². The molecule has 0 saturated carbocycles. The number of nitrogens with one attached hydrogen (secondary N) is 1. The summed E-state index contributed by atoms with van der Waals surface area (Å²) in [6.45, 7) is 8.43. The summed E-state index contributed by atoms with van der Waals surface area (Å²) in [4.78, 5) is 19.2. The van der Waals surface area contributed by atoms with Crippen LogP contribution in [0.25, 0.3) is 11.2 Å². The van der Waals surface area contributed by atoms with Gasteiger partial charge in [0, 0.05) is 38.3 Å². The van der Waals surface area contributed by atoms with Crippen molar-refractivity contribution in [2.24, 2.45) is 0 Å². The van der Waals surface area contributed by atoms with Crippen molar-refractivity contribution >= 4 is 22.9 Å². The number of likely N-dealkylation sites (tertiary alicyclic amines) is 1. The standard InChI is InChI=1S/C25H35N7O/c1-18(2)32-17-26-22-23(28-25(29-24(22)32)31-12-6-9-21(31)16-33)27-20-10-13-30(14-11-20)15-19-7-4-3-5-8-19/h3-5,7-8,17-18,20-21,33H,6,9-16H2,1-2H3,(H,27,28,29). The third kappa shape index (κ3) is 4.68. The first-order valence-corrected chi connectivity index (χ1v) is 12.3. The van der Waals surface area contributed by atoms with E-state index in [0.29, 0.717) is 12.0 Å². The lowest BCUT2D eigenvalue weighted by Gasteiger charge is -2.33. The molecule has 2 aliphatic heterocycles. The van der Waals surface area contributed by atoms with Gasteiger partial charge in [-0.2, -0.15) is 9.97 Å². The fourth-order valence-corrected chi connectivity index (χ4v) is 5.07. The van der Waals surface area contributed by atoms with Crippen molar-refractivity contribution in [3.8, 4) is 0 Å². The molecule has 0 radical (unpaired) electrons. The van der Waals surface area contributed by atoms with E-state index in [1.54, 1.807) is 0 Å². The number of rotatable bonds is 7. The Hall–Kier alpha value is -2.71. The Morgan fingerprint density at radius 2 is 1.85 bits per heavy atom. The van der Waals surface area contributed by atoms with Gasteiger partial charge in [-0.1, -0.05) is 30.3 Å². The van der Waals surface area contributed by atoms with Gasteiger partial charge in [0.15, 0.2) is 17.0 Å². The fraction of sp³-hybridized carbons (Fsp3) is 0.560. The van der Waals surface area contributed by atoms with E-state index in [9.17, 15) is 5.11 Å². The minimum Gasteiger partial charge on any atom is -0.394 e. The van der Waals surface area contributed by atoms with Gasteiger partial charge in [0.25, 0.3) is 0 Å². The molecule has 0 amide bonds. The lowest BCUT2D eigenvalue weighted by atomic mass is 10.0. The largest absolute Gasteiger partial charge is 0.394 e. The minimum atomic E-state index is 0.0898. The monoisotopic (exact) mass is 449 g/mol. The molecule has 5 rings (SSSR count). The van der Waals surface area contributed by atoms with Gasteiger partial charge in [0.05, 0.1) is 19.0 Å². The van der Waals surface area contributed by atoms with E-state index >= 15 is 0 Å². The normalized spacial score (nSPS) is 20.2. The van der Waals surface area contributed by atoms with Crippen molar-refractivity contribution in [2.75, 3.05) is 36.5 Å². The molecule has 0 aliphatic carbocycles. The molecule has 3 aromatic rings. The quantitative estimate of drug-likeness (QED) is 0.572. The van der Waals surface area contributed by atoms with Crippen LogP contribution in [0.15, 0.2) is 36.7 Å². The Bertz CT molecular complexity index is 1060. The van der Waals surface area contributed by atoms with E-state index in [4.69, 9.17) is 9.97 Å². The first-order valence-electron chi connectivity index (χ1n) is 12.3. The molecule has 2 aliphatic rings. The average Bonchev–Trinajstić information content (AvgIpc) is 3.48. The molecule has 2 aromatic heterocycles. The predicted molar refractivity (Wildman–Crippen MR) is 132 cm³/mol. The van der Waals surface area contributed by atoms with Gasteiger partial charge in [0.1, 0.15) is 0 Å². The maximum absolute atomic E-state index is 9.84.